The van der Waals surface area contributed by atoms with Crippen LogP contribution in [0.3, 0.4) is 0 Å². The highest BCUT2D eigenvalue weighted by molar-refractivity contribution is 5.34. The molecule has 98 valence electrons. The molecule has 2 aromatic rings. The summed E-state index contributed by atoms with van der Waals surface area (Å²) in [6, 6.07) is 8.56. The predicted molar refractivity (Wildman–Crippen MR) is 73.1 cm³/mol. The fourth-order valence-electron chi connectivity index (χ4n) is 1.81. The number of hydrogen-bond donors (Lipinski definition) is 1. The molecule has 1 heterocycles. The zero-order valence-corrected chi connectivity index (χ0v) is 11.0. The quantitative estimate of drug-likeness (QED) is 0.892. The molecule has 0 atom stereocenters. The summed E-state index contributed by atoms with van der Waals surface area (Å²) in [6.45, 7) is 2.79. The van der Waals surface area contributed by atoms with Crippen LogP contribution in [0.1, 0.15) is 24.1 Å². The lowest BCUT2D eigenvalue weighted by Gasteiger charge is -2.07. The van der Waals surface area contributed by atoms with Crippen LogP contribution >= 0.6 is 0 Å². The van der Waals surface area contributed by atoms with Crippen LogP contribution in [0.4, 0.5) is 0 Å². The van der Waals surface area contributed by atoms with E-state index in [-0.39, 0.29) is 0 Å². The lowest BCUT2D eigenvalue weighted by Crippen LogP contribution is -2.16. The Kier molecular flexibility index (Phi) is 3.42. The van der Waals surface area contributed by atoms with Crippen molar-refractivity contribution >= 4 is 0 Å². The van der Waals surface area contributed by atoms with Gasteiger partial charge in [0, 0.05) is 12.6 Å². The van der Waals surface area contributed by atoms with Crippen molar-refractivity contribution in [2.75, 3.05) is 0 Å². The Balaban J connectivity index is 1.63. The third-order valence-corrected chi connectivity index (χ3v) is 3.14. The van der Waals surface area contributed by atoms with Crippen LogP contribution in [0.15, 0.2) is 36.7 Å². The number of nitrogens with zero attached hydrogens (tertiary/aromatic N) is 2. The van der Waals surface area contributed by atoms with Gasteiger partial charge in [0.1, 0.15) is 5.75 Å². The maximum atomic E-state index is 5.71. The molecule has 4 nitrogen and oxygen atoms in total. The largest absolute Gasteiger partial charge is 0.437 e. The molecule has 0 spiro atoms. The Morgan fingerprint density at radius 3 is 2.74 bits per heavy atom. The molecule has 1 N–H and O–H groups in total. The highest BCUT2D eigenvalue weighted by Gasteiger charge is 2.20. The molecule has 1 aliphatic carbocycles. The second kappa shape index (κ2) is 5.36. The van der Waals surface area contributed by atoms with Crippen LogP contribution < -0.4 is 10.1 Å². The number of nitrogens with one attached hydrogen (secondary N) is 1. The number of aromatic nitrogens is 2. The van der Waals surface area contributed by atoms with Gasteiger partial charge in [-0.15, -0.1) is 0 Å². The molecule has 1 aromatic heterocycles. The van der Waals surface area contributed by atoms with Crippen LogP contribution in [0, 0.1) is 6.92 Å². The molecule has 0 radical (unpaired) electrons. The third-order valence-electron chi connectivity index (χ3n) is 3.14. The van der Waals surface area contributed by atoms with Gasteiger partial charge in [-0.25, -0.2) is 4.98 Å². The zero-order chi connectivity index (χ0) is 13.1. The second-order valence-electron chi connectivity index (χ2n) is 4.87. The van der Waals surface area contributed by atoms with Gasteiger partial charge in [0.2, 0.25) is 5.88 Å². The molecule has 0 unspecified atom stereocenters. The van der Waals surface area contributed by atoms with E-state index in [1.165, 1.54) is 12.8 Å². The minimum absolute atomic E-state index is 0.532. The van der Waals surface area contributed by atoms with Gasteiger partial charge >= 0.3 is 0 Å². The topological polar surface area (TPSA) is 47.0 Å². The van der Waals surface area contributed by atoms with Gasteiger partial charge in [-0.2, -0.15) is 0 Å². The fourth-order valence-corrected chi connectivity index (χ4v) is 1.81. The van der Waals surface area contributed by atoms with Crippen molar-refractivity contribution < 1.29 is 4.74 Å². The van der Waals surface area contributed by atoms with Crippen LogP contribution in [0.5, 0.6) is 11.6 Å². The standard InChI is InChI=1S/C15H17N3O/c1-11-4-2-3-5-14(11)19-15-10-17-13(9-18-15)8-16-12-6-7-12/h2-5,9-10,12,16H,6-8H2,1H3. The molecule has 1 fully saturated rings. The maximum Gasteiger partial charge on any atom is 0.237 e. The highest BCUT2D eigenvalue weighted by atomic mass is 16.5. The van der Waals surface area contributed by atoms with Crippen LogP contribution in [-0.2, 0) is 6.54 Å². The number of aryl methyl sites for hydroxylation is 1. The lowest BCUT2D eigenvalue weighted by atomic mass is 10.2. The van der Waals surface area contributed by atoms with Crippen molar-refractivity contribution in [1.82, 2.24) is 15.3 Å². The predicted octanol–water partition coefficient (Wildman–Crippen LogP) is 2.83. The first-order chi connectivity index (χ1) is 9.31. The van der Waals surface area contributed by atoms with Crippen LogP contribution in [0.2, 0.25) is 0 Å². The van der Waals surface area contributed by atoms with E-state index in [1.807, 2.05) is 31.2 Å². The van der Waals surface area contributed by atoms with Gasteiger partial charge < -0.3 is 10.1 Å². The summed E-state index contributed by atoms with van der Waals surface area (Å²) in [7, 11) is 0. The Morgan fingerprint density at radius 1 is 1.21 bits per heavy atom. The van der Waals surface area contributed by atoms with Crippen LogP contribution in [-0.4, -0.2) is 16.0 Å². The first-order valence-corrected chi connectivity index (χ1v) is 6.59. The van der Waals surface area contributed by atoms with Crippen molar-refractivity contribution in [3.8, 4) is 11.6 Å². The summed E-state index contributed by atoms with van der Waals surface area (Å²) >= 11 is 0. The minimum atomic E-state index is 0.532. The first kappa shape index (κ1) is 12.1. The highest BCUT2D eigenvalue weighted by Crippen LogP contribution is 2.22. The van der Waals surface area contributed by atoms with E-state index in [1.54, 1.807) is 12.4 Å². The summed E-state index contributed by atoms with van der Waals surface area (Å²) < 4.78 is 5.71. The normalized spacial score (nSPS) is 14.4. The van der Waals surface area contributed by atoms with E-state index >= 15 is 0 Å². The van der Waals surface area contributed by atoms with E-state index in [4.69, 9.17) is 4.74 Å². The summed E-state index contributed by atoms with van der Waals surface area (Å²) in [6.07, 6.45) is 6.00. The van der Waals surface area contributed by atoms with Crippen molar-refractivity contribution in [3.05, 3.63) is 47.9 Å². The Hall–Kier alpha value is -1.94. The van der Waals surface area contributed by atoms with Gasteiger partial charge in [0.05, 0.1) is 18.1 Å². The Bertz CT molecular complexity index is 550. The molecule has 0 amide bonds. The maximum absolute atomic E-state index is 5.71. The second-order valence-corrected chi connectivity index (χ2v) is 4.87. The Labute approximate surface area is 112 Å². The summed E-state index contributed by atoms with van der Waals surface area (Å²) in [4.78, 5) is 8.64. The van der Waals surface area contributed by atoms with E-state index in [0.29, 0.717) is 11.9 Å². The zero-order valence-electron chi connectivity index (χ0n) is 11.0. The first-order valence-electron chi connectivity index (χ1n) is 6.59. The molecular formula is C15H17N3O. The molecule has 1 aliphatic rings. The molecule has 19 heavy (non-hydrogen) atoms. The molecule has 3 rings (SSSR count). The van der Waals surface area contributed by atoms with Crippen molar-refractivity contribution in [2.24, 2.45) is 0 Å². The van der Waals surface area contributed by atoms with Crippen LogP contribution in [0.25, 0.3) is 0 Å². The van der Waals surface area contributed by atoms with Gasteiger partial charge in [-0.3, -0.25) is 4.98 Å². The van der Waals surface area contributed by atoms with Gasteiger partial charge in [0.25, 0.3) is 0 Å². The van der Waals surface area contributed by atoms with Crippen molar-refractivity contribution in [3.63, 3.8) is 0 Å². The molecule has 4 heteroatoms. The van der Waals surface area contributed by atoms with E-state index in [0.717, 1.165) is 23.6 Å². The number of hydrogen-bond acceptors (Lipinski definition) is 4. The smallest absolute Gasteiger partial charge is 0.237 e. The summed E-state index contributed by atoms with van der Waals surface area (Å²) in [5.41, 5.74) is 2.04. The van der Waals surface area contributed by atoms with E-state index in [9.17, 15) is 0 Å². The number of ether oxygens (including phenoxy) is 1. The average Bonchev–Trinajstić information content (AvgIpc) is 3.25. The third kappa shape index (κ3) is 3.29. The fraction of sp³-hybridized carbons (Fsp3) is 0.333. The van der Waals surface area contributed by atoms with Gasteiger partial charge in [0.15, 0.2) is 0 Å². The molecule has 1 aromatic carbocycles. The number of para-hydroxylation sites is 1. The number of benzene rings is 1. The molecule has 0 aliphatic heterocycles. The van der Waals surface area contributed by atoms with Crippen molar-refractivity contribution in [1.29, 1.82) is 0 Å². The van der Waals surface area contributed by atoms with Gasteiger partial charge in [-0.05, 0) is 31.4 Å². The van der Waals surface area contributed by atoms with Gasteiger partial charge in [-0.1, -0.05) is 18.2 Å². The molecular weight excluding hydrogens is 238 g/mol. The summed E-state index contributed by atoms with van der Waals surface area (Å²) in [5.74, 6) is 1.35. The molecule has 0 saturated heterocycles. The SMILES string of the molecule is Cc1ccccc1Oc1cnc(CNC2CC2)cn1. The lowest BCUT2D eigenvalue weighted by molar-refractivity contribution is 0.455. The van der Waals surface area contributed by atoms with Crippen molar-refractivity contribution in [2.45, 2.75) is 32.4 Å². The minimum Gasteiger partial charge on any atom is -0.437 e. The Morgan fingerprint density at radius 2 is 2.05 bits per heavy atom. The summed E-state index contributed by atoms with van der Waals surface area (Å²) in [5, 5.41) is 3.41. The van der Waals surface area contributed by atoms with E-state index < -0.39 is 0 Å². The average molecular weight is 255 g/mol. The van der Waals surface area contributed by atoms with E-state index in [2.05, 4.69) is 15.3 Å². The molecule has 1 saturated carbocycles. The molecule has 0 bridgehead atoms. The monoisotopic (exact) mass is 255 g/mol. The number of rotatable bonds is 5.